The van der Waals surface area contributed by atoms with Crippen molar-refractivity contribution in [3.63, 3.8) is 0 Å². The molecule has 210 valence electrons. The molecule has 7 heteroatoms. The van der Waals surface area contributed by atoms with E-state index in [2.05, 4.69) is 19.1 Å². The summed E-state index contributed by atoms with van der Waals surface area (Å²) in [6.45, 7) is 5.82. The van der Waals surface area contributed by atoms with Gasteiger partial charge in [-0.3, -0.25) is 14.4 Å². The summed E-state index contributed by atoms with van der Waals surface area (Å²) in [6, 6.07) is 0. The number of carboxylic acid groups (broad SMARTS) is 3. The number of carbonyl (C=O) groups is 3. The summed E-state index contributed by atoms with van der Waals surface area (Å²) in [5.41, 5.74) is 0. The second-order valence-electron chi connectivity index (χ2n) is 10.3. The minimum atomic E-state index is -0.776. The van der Waals surface area contributed by atoms with E-state index < -0.39 is 17.9 Å². The largest absolute Gasteiger partial charge is 0.481 e. The van der Waals surface area contributed by atoms with Crippen LogP contribution in [0.3, 0.4) is 0 Å². The van der Waals surface area contributed by atoms with E-state index in [0.29, 0.717) is 19.3 Å². The Morgan fingerprint density at radius 1 is 0.500 bits per heavy atom. The van der Waals surface area contributed by atoms with Crippen LogP contribution in [0.15, 0.2) is 12.2 Å². The number of allylic oxidation sites excluding steroid dienone is 2. The van der Waals surface area contributed by atoms with Crippen LogP contribution in [-0.2, 0) is 14.4 Å². The van der Waals surface area contributed by atoms with Crippen molar-refractivity contribution in [1.29, 1.82) is 0 Å². The molecule has 3 N–H and O–H groups in total. The summed E-state index contributed by atoms with van der Waals surface area (Å²) < 4.78 is 0.838. The van der Waals surface area contributed by atoms with Crippen molar-refractivity contribution in [3.8, 4) is 0 Å². The number of unbranched alkanes of at least 4 members (excludes halogenated alkanes) is 11. The van der Waals surface area contributed by atoms with Gasteiger partial charge in [-0.15, -0.1) is 0 Å². The van der Waals surface area contributed by atoms with Gasteiger partial charge in [0.05, 0.1) is 26.2 Å². The number of carboxylic acids is 3. The number of rotatable bonds is 27. The molecule has 0 unspecified atom stereocenters. The average molecular weight is 513 g/mol. The van der Waals surface area contributed by atoms with Crippen LogP contribution < -0.4 is 0 Å². The molecule has 0 radical (unpaired) electrons. The van der Waals surface area contributed by atoms with Gasteiger partial charge in [-0.1, -0.05) is 57.6 Å². The number of quaternary nitrogens is 1. The van der Waals surface area contributed by atoms with E-state index in [4.69, 9.17) is 15.3 Å². The molecule has 0 aromatic carbocycles. The molecule has 0 spiro atoms. The Balaban J connectivity index is 4.73. The highest BCUT2D eigenvalue weighted by Crippen LogP contribution is 2.19. The lowest BCUT2D eigenvalue weighted by atomic mass is 10.1. The van der Waals surface area contributed by atoms with Crippen molar-refractivity contribution in [1.82, 2.24) is 0 Å². The average Bonchev–Trinajstić information content (AvgIpc) is 2.82. The highest BCUT2D eigenvalue weighted by atomic mass is 16.4. The van der Waals surface area contributed by atoms with Crippen LogP contribution in [0.5, 0.6) is 0 Å². The Morgan fingerprint density at radius 3 is 1.28 bits per heavy atom. The molecular weight excluding hydrogens is 458 g/mol. The molecule has 0 rings (SSSR count). The normalized spacial score (nSPS) is 11.8. The van der Waals surface area contributed by atoms with Crippen molar-refractivity contribution >= 4 is 17.9 Å². The molecule has 0 fully saturated rings. The summed E-state index contributed by atoms with van der Waals surface area (Å²) in [6.07, 6.45) is 21.8. The number of aliphatic carboxylic acids is 3. The summed E-state index contributed by atoms with van der Waals surface area (Å²) in [4.78, 5) is 32.8. The van der Waals surface area contributed by atoms with Crippen LogP contribution in [0.25, 0.3) is 0 Å². The molecule has 0 saturated heterocycles. The van der Waals surface area contributed by atoms with Gasteiger partial charge in [-0.25, -0.2) is 0 Å². The Bertz CT molecular complexity index is 550. The zero-order chi connectivity index (χ0) is 26.9. The first-order valence-corrected chi connectivity index (χ1v) is 14.5. The van der Waals surface area contributed by atoms with E-state index in [9.17, 15) is 14.4 Å². The maximum absolute atomic E-state index is 10.9. The Morgan fingerprint density at radius 2 is 0.861 bits per heavy atom. The molecule has 0 bridgehead atoms. The molecule has 0 aliphatic carbocycles. The molecule has 36 heavy (non-hydrogen) atoms. The zero-order valence-corrected chi connectivity index (χ0v) is 22.9. The van der Waals surface area contributed by atoms with E-state index in [0.717, 1.165) is 69.2 Å². The fraction of sp³-hybridized carbons (Fsp3) is 0.828. The van der Waals surface area contributed by atoms with Gasteiger partial charge in [0, 0.05) is 25.7 Å². The Kier molecular flexibility index (Phi) is 22.3. The molecule has 0 aromatic heterocycles. The van der Waals surface area contributed by atoms with E-state index in [-0.39, 0.29) is 19.3 Å². The standard InChI is InChI=1S/C29H53NO6/c1-2-3-4-5-6-7-8-9-10-11-12-16-23-30(24-17-13-20-27(31)32,25-18-14-21-28(33)34)26-19-15-22-29(35)36/h10-11H,2-9,12-26H2,1H3,(H2-,31,32,33,34,35,36)/p+1/b11-10+. The van der Waals surface area contributed by atoms with Crippen LogP contribution in [0.2, 0.25) is 0 Å². The summed E-state index contributed by atoms with van der Waals surface area (Å²) in [5, 5.41) is 27.0. The Labute approximate surface area is 219 Å². The van der Waals surface area contributed by atoms with Gasteiger partial charge < -0.3 is 19.8 Å². The summed E-state index contributed by atoms with van der Waals surface area (Å²) in [7, 11) is 0. The fourth-order valence-corrected chi connectivity index (χ4v) is 4.84. The van der Waals surface area contributed by atoms with Gasteiger partial charge in [0.25, 0.3) is 0 Å². The van der Waals surface area contributed by atoms with Crippen molar-refractivity contribution in [2.75, 3.05) is 26.2 Å². The third kappa shape index (κ3) is 22.6. The van der Waals surface area contributed by atoms with Crippen LogP contribution in [0.4, 0.5) is 0 Å². The van der Waals surface area contributed by atoms with Crippen molar-refractivity contribution in [3.05, 3.63) is 12.2 Å². The lowest BCUT2D eigenvalue weighted by Gasteiger charge is -2.39. The second kappa shape index (κ2) is 23.5. The third-order valence-electron chi connectivity index (χ3n) is 6.96. The highest BCUT2D eigenvalue weighted by Gasteiger charge is 2.26. The highest BCUT2D eigenvalue weighted by molar-refractivity contribution is 5.67. The lowest BCUT2D eigenvalue weighted by Crippen LogP contribution is -2.50. The first-order valence-electron chi connectivity index (χ1n) is 14.5. The SMILES string of the molecule is CCCCCCCCC/C=C/CCC[N+](CCCCC(=O)O)(CCCCC(=O)O)CCCCC(=O)O. The maximum Gasteiger partial charge on any atom is 0.303 e. The first kappa shape index (κ1) is 34.1. The molecule has 7 nitrogen and oxygen atoms in total. The predicted octanol–water partition coefficient (Wildman–Crippen LogP) is 7.05. The topological polar surface area (TPSA) is 112 Å². The van der Waals surface area contributed by atoms with Crippen molar-refractivity contribution < 1.29 is 34.2 Å². The van der Waals surface area contributed by atoms with Gasteiger partial charge in [-0.05, 0) is 57.8 Å². The lowest BCUT2D eigenvalue weighted by molar-refractivity contribution is -0.929. The summed E-state index contributed by atoms with van der Waals surface area (Å²) >= 11 is 0. The van der Waals surface area contributed by atoms with Crippen molar-refractivity contribution in [2.24, 2.45) is 0 Å². The van der Waals surface area contributed by atoms with Crippen LogP contribution in [0, 0.1) is 0 Å². The van der Waals surface area contributed by atoms with E-state index in [1.54, 1.807) is 0 Å². The third-order valence-corrected chi connectivity index (χ3v) is 6.96. The molecule has 0 aliphatic heterocycles. The first-order chi connectivity index (χ1) is 17.3. The predicted molar refractivity (Wildman–Crippen MR) is 145 cm³/mol. The molecule has 0 aromatic rings. The van der Waals surface area contributed by atoms with Gasteiger partial charge in [0.1, 0.15) is 0 Å². The Hall–Kier alpha value is -1.89. The molecule has 0 saturated carbocycles. The number of hydrogen-bond donors (Lipinski definition) is 3. The molecular formula is C29H54NO6+. The smallest absolute Gasteiger partial charge is 0.303 e. The minimum Gasteiger partial charge on any atom is -0.481 e. The molecule has 0 amide bonds. The van der Waals surface area contributed by atoms with Gasteiger partial charge in [-0.2, -0.15) is 0 Å². The van der Waals surface area contributed by atoms with E-state index >= 15 is 0 Å². The van der Waals surface area contributed by atoms with Crippen LogP contribution in [-0.4, -0.2) is 63.9 Å². The monoisotopic (exact) mass is 512 g/mol. The fourth-order valence-electron chi connectivity index (χ4n) is 4.84. The molecule has 0 atom stereocenters. The maximum atomic E-state index is 10.9. The molecule has 0 aliphatic rings. The van der Waals surface area contributed by atoms with E-state index in [1.807, 2.05) is 0 Å². The number of hydrogen-bond acceptors (Lipinski definition) is 3. The van der Waals surface area contributed by atoms with Gasteiger partial charge in [0.15, 0.2) is 0 Å². The van der Waals surface area contributed by atoms with Crippen molar-refractivity contribution in [2.45, 2.75) is 129 Å². The minimum absolute atomic E-state index is 0.166. The summed E-state index contributed by atoms with van der Waals surface area (Å²) in [5.74, 6) is -2.33. The zero-order valence-electron chi connectivity index (χ0n) is 22.9. The quantitative estimate of drug-likeness (QED) is 0.0618. The van der Waals surface area contributed by atoms with E-state index in [1.165, 1.54) is 44.9 Å². The van der Waals surface area contributed by atoms with Gasteiger partial charge in [0.2, 0.25) is 0 Å². The molecule has 0 heterocycles. The second-order valence-corrected chi connectivity index (χ2v) is 10.3. The van der Waals surface area contributed by atoms with Crippen LogP contribution >= 0.6 is 0 Å². The number of nitrogens with zero attached hydrogens (tertiary/aromatic N) is 1. The van der Waals surface area contributed by atoms with Crippen LogP contribution in [0.1, 0.15) is 129 Å². The van der Waals surface area contributed by atoms with Gasteiger partial charge >= 0.3 is 17.9 Å².